The highest BCUT2D eigenvalue weighted by Crippen LogP contribution is 2.21. The Morgan fingerprint density at radius 2 is 2.11 bits per heavy atom. The second-order valence-electron chi connectivity index (χ2n) is 4.34. The predicted octanol–water partition coefficient (Wildman–Crippen LogP) is 3.87. The highest BCUT2D eigenvalue weighted by molar-refractivity contribution is 6.30. The summed E-state index contributed by atoms with van der Waals surface area (Å²) in [6, 6.07) is 6.02. The van der Waals surface area contributed by atoms with Crippen LogP contribution in [0.15, 0.2) is 30.6 Å². The molecule has 0 amide bonds. The maximum absolute atomic E-state index is 5.93. The van der Waals surface area contributed by atoms with Crippen molar-refractivity contribution in [3.8, 4) is 5.75 Å². The topological polar surface area (TPSA) is 39.9 Å². The van der Waals surface area contributed by atoms with Crippen LogP contribution in [-0.2, 0) is 6.61 Å². The number of pyridine rings is 1. The Balaban J connectivity index is 1.99. The average molecular weight is 280 g/mol. The smallest absolute Gasteiger partial charge is 0.171 e. The van der Waals surface area contributed by atoms with Gasteiger partial charge in [-0.25, -0.2) is 4.98 Å². The van der Waals surface area contributed by atoms with Crippen LogP contribution in [0.1, 0.15) is 38.4 Å². The predicted molar refractivity (Wildman–Crippen MR) is 75.4 cm³/mol. The molecule has 0 aromatic carbocycles. The van der Waals surface area contributed by atoms with Crippen molar-refractivity contribution in [3.05, 3.63) is 41.4 Å². The van der Waals surface area contributed by atoms with E-state index in [1.165, 1.54) is 0 Å². The lowest BCUT2D eigenvalue weighted by Gasteiger charge is -2.12. The van der Waals surface area contributed by atoms with Crippen molar-refractivity contribution < 1.29 is 4.74 Å². The molecule has 0 atom stereocenters. The molecule has 2 rings (SSSR count). The van der Waals surface area contributed by atoms with Crippen molar-refractivity contribution in [1.29, 1.82) is 0 Å². The Kier molecular flexibility index (Phi) is 4.80. The van der Waals surface area contributed by atoms with Gasteiger partial charge < -0.3 is 4.74 Å². The summed E-state index contributed by atoms with van der Waals surface area (Å²) in [4.78, 5) is 3.97. The van der Waals surface area contributed by atoms with Gasteiger partial charge in [0, 0.05) is 12.4 Å². The van der Waals surface area contributed by atoms with Crippen LogP contribution >= 0.6 is 11.6 Å². The van der Waals surface area contributed by atoms with Crippen molar-refractivity contribution in [2.24, 2.45) is 0 Å². The monoisotopic (exact) mass is 279 g/mol. The van der Waals surface area contributed by atoms with Gasteiger partial charge >= 0.3 is 0 Å². The number of rotatable bonds is 6. The maximum Gasteiger partial charge on any atom is 0.171 e. The van der Waals surface area contributed by atoms with E-state index in [-0.39, 0.29) is 0 Å². The summed E-state index contributed by atoms with van der Waals surface area (Å²) in [6.07, 6.45) is 5.79. The third-order valence-electron chi connectivity index (χ3n) is 3.08. The minimum atomic E-state index is 0.377. The summed E-state index contributed by atoms with van der Waals surface area (Å²) in [6.45, 7) is 4.74. The first-order valence-electron chi connectivity index (χ1n) is 6.52. The van der Waals surface area contributed by atoms with Crippen LogP contribution in [0.5, 0.6) is 5.75 Å². The summed E-state index contributed by atoms with van der Waals surface area (Å²) < 4.78 is 7.62. The van der Waals surface area contributed by atoms with Gasteiger partial charge in [-0.3, -0.25) is 4.68 Å². The van der Waals surface area contributed by atoms with Gasteiger partial charge in [-0.1, -0.05) is 25.4 Å². The highest BCUT2D eigenvalue weighted by atomic mass is 35.5. The van der Waals surface area contributed by atoms with E-state index < -0.39 is 0 Å². The fourth-order valence-electron chi connectivity index (χ4n) is 1.95. The van der Waals surface area contributed by atoms with Crippen molar-refractivity contribution >= 4 is 11.6 Å². The number of ether oxygens (including phenoxy) is 1. The molecule has 2 aromatic heterocycles. The van der Waals surface area contributed by atoms with E-state index in [4.69, 9.17) is 16.3 Å². The molecule has 0 radical (unpaired) electrons. The molecule has 4 nitrogen and oxygen atoms in total. The normalized spacial score (nSPS) is 10.9. The minimum absolute atomic E-state index is 0.377. The molecule has 102 valence electrons. The molecule has 5 heteroatoms. The number of nitrogens with zero attached hydrogens (tertiary/aromatic N) is 3. The van der Waals surface area contributed by atoms with E-state index in [0.29, 0.717) is 23.6 Å². The van der Waals surface area contributed by atoms with Crippen molar-refractivity contribution in [2.45, 2.75) is 39.3 Å². The third-order valence-corrected chi connectivity index (χ3v) is 3.36. The van der Waals surface area contributed by atoms with Gasteiger partial charge in [0.1, 0.15) is 6.61 Å². The van der Waals surface area contributed by atoms with E-state index >= 15 is 0 Å². The van der Waals surface area contributed by atoms with Crippen LogP contribution in [0.4, 0.5) is 0 Å². The number of aromatic nitrogens is 3. The summed E-state index contributed by atoms with van der Waals surface area (Å²) in [5, 5.41) is 4.90. The van der Waals surface area contributed by atoms with Crippen LogP contribution in [0.3, 0.4) is 0 Å². The minimum Gasteiger partial charge on any atom is -0.484 e. The van der Waals surface area contributed by atoms with Gasteiger partial charge in [-0.05, 0) is 31.0 Å². The van der Waals surface area contributed by atoms with E-state index in [0.717, 1.165) is 18.5 Å². The van der Waals surface area contributed by atoms with E-state index in [2.05, 4.69) is 23.9 Å². The quantitative estimate of drug-likeness (QED) is 0.754. The molecule has 0 aliphatic rings. The molecule has 0 aliphatic heterocycles. The molecule has 0 bridgehead atoms. The average Bonchev–Trinajstić information content (AvgIpc) is 2.88. The highest BCUT2D eigenvalue weighted by Gasteiger charge is 2.09. The number of halogens is 1. The first kappa shape index (κ1) is 13.9. The molecule has 0 saturated heterocycles. The molecular weight excluding hydrogens is 262 g/mol. The van der Waals surface area contributed by atoms with Crippen LogP contribution in [-0.4, -0.2) is 14.8 Å². The molecule has 2 heterocycles. The Bertz CT molecular complexity index is 523. The van der Waals surface area contributed by atoms with Gasteiger partial charge in [0.25, 0.3) is 0 Å². The summed E-state index contributed by atoms with van der Waals surface area (Å²) in [7, 11) is 0. The Morgan fingerprint density at radius 3 is 2.79 bits per heavy atom. The Morgan fingerprint density at radius 1 is 1.32 bits per heavy atom. The standard InChI is InChI=1S/C14H18ClN3O/c1-3-12(4-2)18-9-7-11(17-18)10-19-13-6-5-8-16-14(13)15/h5-9,12H,3-4,10H2,1-2H3. The number of hydrogen-bond acceptors (Lipinski definition) is 3. The van der Waals surface area contributed by atoms with Gasteiger partial charge in [-0.2, -0.15) is 5.10 Å². The molecule has 2 aromatic rings. The van der Waals surface area contributed by atoms with Crippen LogP contribution in [0.2, 0.25) is 5.15 Å². The lowest BCUT2D eigenvalue weighted by atomic mass is 10.2. The Hall–Kier alpha value is -1.55. The summed E-state index contributed by atoms with van der Waals surface area (Å²) in [5.41, 5.74) is 0.895. The zero-order chi connectivity index (χ0) is 13.7. The SMILES string of the molecule is CCC(CC)n1ccc(COc2cccnc2Cl)n1. The molecule has 0 N–H and O–H groups in total. The Labute approximate surface area is 118 Å². The van der Waals surface area contributed by atoms with Gasteiger partial charge in [0.05, 0.1) is 11.7 Å². The second kappa shape index (κ2) is 6.57. The van der Waals surface area contributed by atoms with Crippen LogP contribution in [0.25, 0.3) is 0 Å². The van der Waals surface area contributed by atoms with E-state index in [1.807, 2.05) is 16.9 Å². The third kappa shape index (κ3) is 3.47. The molecule has 0 spiro atoms. The van der Waals surface area contributed by atoms with E-state index in [1.54, 1.807) is 18.3 Å². The zero-order valence-electron chi connectivity index (χ0n) is 11.2. The summed E-state index contributed by atoms with van der Waals surface area (Å²) in [5.74, 6) is 0.584. The van der Waals surface area contributed by atoms with E-state index in [9.17, 15) is 0 Å². The second-order valence-corrected chi connectivity index (χ2v) is 4.70. The van der Waals surface area contributed by atoms with Crippen molar-refractivity contribution in [3.63, 3.8) is 0 Å². The molecule has 0 fully saturated rings. The van der Waals surface area contributed by atoms with Gasteiger partial charge in [0.2, 0.25) is 0 Å². The van der Waals surface area contributed by atoms with Crippen LogP contribution < -0.4 is 4.74 Å². The summed E-state index contributed by atoms with van der Waals surface area (Å²) >= 11 is 5.93. The molecule has 0 aliphatic carbocycles. The zero-order valence-corrected chi connectivity index (χ0v) is 12.0. The van der Waals surface area contributed by atoms with Crippen molar-refractivity contribution in [1.82, 2.24) is 14.8 Å². The van der Waals surface area contributed by atoms with Gasteiger partial charge in [-0.15, -0.1) is 0 Å². The largest absolute Gasteiger partial charge is 0.484 e. The molecular formula is C14H18ClN3O. The van der Waals surface area contributed by atoms with Crippen LogP contribution in [0, 0.1) is 0 Å². The molecule has 0 saturated carbocycles. The lowest BCUT2D eigenvalue weighted by molar-refractivity contribution is 0.296. The van der Waals surface area contributed by atoms with Crippen molar-refractivity contribution in [2.75, 3.05) is 0 Å². The number of hydrogen-bond donors (Lipinski definition) is 0. The maximum atomic E-state index is 5.93. The fraction of sp³-hybridized carbons (Fsp3) is 0.429. The molecule has 0 unspecified atom stereocenters. The van der Waals surface area contributed by atoms with Gasteiger partial charge in [0.15, 0.2) is 10.9 Å². The fourth-order valence-corrected chi connectivity index (χ4v) is 2.13. The first-order valence-corrected chi connectivity index (χ1v) is 6.89. The lowest BCUT2D eigenvalue weighted by Crippen LogP contribution is -2.08. The molecule has 19 heavy (non-hydrogen) atoms. The first-order chi connectivity index (χ1) is 9.24.